The van der Waals surface area contributed by atoms with Crippen LogP contribution in [0.3, 0.4) is 0 Å². The Morgan fingerprint density at radius 2 is 1.77 bits per heavy atom. The maximum absolute atomic E-state index is 13.5. The molecule has 0 bridgehead atoms. The summed E-state index contributed by atoms with van der Waals surface area (Å²) in [6.07, 6.45) is -4.00. The summed E-state index contributed by atoms with van der Waals surface area (Å²) in [6, 6.07) is 7.96. The lowest BCUT2D eigenvalue weighted by Crippen LogP contribution is -2.36. The van der Waals surface area contributed by atoms with Crippen LogP contribution in [0.25, 0.3) is 0 Å². The second kappa shape index (κ2) is 8.99. The highest BCUT2D eigenvalue weighted by Gasteiger charge is 2.40. The molecular weight excluding hydrogens is 435 g/mol. The summed E-state index contributed by atoms with van der Waals surface area (Å²) in [5.74, 6) is -1.28. The van der Waals surface area contributed by atoms with E-state index in [9.17, 15) is 26.7 Å². The molecule has 11 heteroatoms. The summed E-state index contributed by atoms with van der Waals surface area (Å²) in [6.45, 7) is 2.75. The van der Waals surface area contributed by atoms with Crippen LogP contribution >= 0.6 is 0 Å². The number of aliphatic hydroxyl groups excluding tert-OH is 1. The average molecular weight is 459 g/mol. The summed E-state index contributed by atoms with van der Waals surface area (Å²) < 4.78 is 73.4. The molecule has 1 aromatic heterocycles. The van der Waals surface area contributed by atoms with Gasteiger partial charge >= 0.3 is 6.18 Å². The maximum atomic E-state index is 13.5. The smallest absolute Gasteiger partial charge is 0.423 e. The zero-order valence-corrected chi connectivity index (χ0v) is 17.9. The number of ether oxygens (including phenoxy) is 1. The lowest BCUT2D eigenvalue weighted by atomic mass is 10.2. The van der Waals surface area contributed by atoms with Crippen LogP contribution in [0.1, 0.15) is 45.1 Å². The number of nitrogens with zero attached hydrogens (tertiary/aromatic N) is 3. The van der Waals surface area contributed by atoms with Gasteiger partial charge in [0.15, 0.2) is 0 Å². The summed E-state index contributed by atoms with van der Waals surface area (Å²) in [5, 5.41) is 8.97. The first-order chi connectivity index (χ1) is 14.5. The monoisotopic (exact) mass is 459 g/mol. The van der Waals surface area contributed by atoms with Crippen molar-refractivity contribution < 1.29 is 31.4 Å². The van der Waals surface area contributed by atoms with Crippen LogP contribution in [-0.4, -0.2) is 41.0 Å². The highest BCUT2D eigenvalue weighted by Crippen LogP contribution is 2.39. The predicted octanol–water partition coefficient (Wildman–Crippen LogP) is 4.05. The van der Waals surface area contributed by atoms with E-state index >= 15 is 0 Å². The fourth-order valence-corrected chi connectivity index (χ4v) is 5.25. The molecule has 0 radical (unpaired) electrons. The number of aromatic nitrogens is 2. The quantitative estimate of drug-likeness (QED) is 0.672. The number of hydrogen-bond acceptors (Lipinski definition) is 6. The van der Waals surface area contributed by atoms with Crippen molar-refractivity contribution in [3.8, 4) is 5.88 Å². The van der Waals surface area contributed by atoms with Gasteiger partial charge in [-0.05, 0) is 38.8 Å². The van der Waals surface area contributed by atoms with E-state index in [2.05, 4.69) is 9.97 Å². The van der Waals surface area contributed by atoms with Crippen LogP contribution in [0.5, 0.6) is 5.88 Å². The first-order valence-corrected chi connectivity index (χ1v) is 11.4. The van der Waals surface area contributed by atoms with Crippen LogP contribution in [0, 0.1) is 0 Å². The molecular formula is C20H24F3N3O4S. The Bertz CT molecular complexity index is 994. The number of hydrogen-bond donors (Lipinski definition) is 1. The summed E-state index contributed by atoms with van der Waals surface area (Å²) in [5.41, 5.74) is -1.04. The molecule has 1 fully saturated rings. The normalized spacial score (nSPS) is 17.4. The average Bonchev–Trinajstić information content (AvgIpc) is 3.24. The van der Waals surface area contributed by atoms with E-state index in [1.165, 1.54) is 26.0 Å². The van der Waals surface area contributed by atoms with Crippen LogP contribution < -0.4 is 9.04 Å². The molecule has 0 saturated heterocycles. The molecule has 0 aliphatic heterocycles. The molecule has 170 valence electrons. The number of para-hydroxylation sites is 1. The van der Waals surface area contributed by atoms with Crippen LogP contribution in [0.2, 0.25) is 0 Å². The van der Waals surface area contributed by atoms with Crippen molar-refractivity contribution in [3.63, 3.8) is 0 Å². The van der Waals surface area contributed by atoms with E-state index in [0.29, 0.717) is 19.0 Å². The van der Waals surface area contributed by atoms with E-state index in [0.717, 1.165) is 17.1 Å². The van der Waals surface area contributed by atoms with Gasteiger partial charge in [0, 0.05) is 6.20 Å². The first kappa shape index (κ1) is 23.3. The number of aliphatic hydroxyl groups is 1. The molecule has 1 saturated carbocycles. The van der Waals surface area contributed by atoms with Crippen LogP contribution in [0.4, 0.5) is 24.8 Å². The Morgan fingerprint density at radius 1 is 1.16 bits per heavy atom. The number of anilines is 2. The third kappa shape index (κ3) is 5.09. The molecule has 1 N–H and O–H groups in total. The summed E-state index contributed by atoms with van der Waals surface area (Å²) in [7, 11) is -3.99. The molecule has 7 nitrogen and oxygen atoms in total. The number of alkyl halides is 3. The molecule has 0 spiro atoms. The maximum Gasteiger partial charge on any atom is 0.423 e. The number of halogens is 3. The van der Waals surface area contributed by atoms with Crippen molar-refractivity contribution in [1.29, 1.82) is 0 Å². The summed E-state index contributed by atoms with van der Waals surface area (Å²) >= 11 is 0. The Balaban J connectivity index is 2.15. The van der Waals surface area contributed by atoms with Crippen molar-refractivity contribution in [3.05, 3.63) is 42.1 Å². The highest BCUT2D eigenvalue weighted by molar-refractivity contribution is 7.93. The minimum absolute atomic E-state index is 0.212. The fourth-order valence-electron chi connectivity index (χ4n) is 3.29. The van der Waals surface area contributed by atoms with Crippen LogP contribution in [-0.2, 0) is 16.2 Å². The lowest BCUT2D eigenvalue weighted by Gasteiger charge is -2.27. The van der Waals surface area contributed by atoms with Gasteiger partial charge in [-0.25, -0.2) is 17.7 Å². The molecule has 2 aromatic rings. The van der Waals surface area contributed by atoms with E-state index in [-0.39, 0.29) is 5.69 Å². The standard InChI is InChI=1S/C20H24F3N3O4S/c1-13(27)14(2)30-18-17(20(21,22)23)12-24-19(25-18)26(15-8-4-3-5-9-15)31(28,29)16-10-6-7-11-16/h3-5,8-9,12-14,16,27H,6-7,10-11H2,1-2H3/t13-,14-/m1/s1. The second-order valence-electron chi connectivity index (χ2n) is 7.50. The zero-order valence-electron chi connectivity index (χ0n) is 17.1. The van der Waals surface area contributed by atoms with Crippen molar-refractivity contribution in [2.24, 2.45) is 0 Å². The van der Waals surface area contributed by atoms with Crippen molar-refractivity contribution >= 4 is 21.7 Å². The van der Waals surface area contributed by atoms with E-state index < -0.39 is 51.0 Å². The fraction of sp³-hybridized carbons (Fsp3) is 0.500. The molecule has 0 unspecified atom stereocenters. The van der Waals surface area contributed by atoms with Gasteiger partial charge in [-0.15, -0.1) is 0 Å². The van der Waals surface area contributed by atoms with Crippen molar-refractivity contribution in [2.75, 3.05) is 4.31 Å². The predicted molar refractivity (Wildman–Crippen MR) is 109 cm³/mol. The molecule has 2 atom stereocenters. The van der Waals surface area contributed by atoms with Gasteiger partial charge in [0.2, 0.25) is 21.9 Å². The Morgan fingerprint density at radius 3 is 2.32 bits per heavy atom. The topological polar surface area (TPSA) is 92.6 Å². The lowest BCUT2D eigenvalue weighted by molar-refractivity contribution is -0.140. The van der Waals surface area contributed by atoms with Gasteiger partial charge in [0.25, 0.3) is 0 Å². The zero-order chi connectivity index (χ0) is 22.8. The van der Waals surface area contributed by atoms with Gasteiger partial charge < -0.3 is 9.84 Å². The second-order valence-corrected chi connectivity index (χ2v) is 9.56. The van der Waals surface area contributed by atoms with Gasteiger partial charge in [0.05, 0.1) is 17.0 Å². The molecule has 1 aromatic carbocycles. The van der Waals surface area contributed by atoms with Crippen LogP contribution in [0.15, 0.2) is 36.5 Å². The van der Waals surface area contributed by atoms with Gasteiger partial charge in [-0.2, -0.15) is 18.2 Å². The molecule has 3 rings (SSSR count). The van der Waals surface area contributed by atoms with Crippen molar-refractivity contribution in [1.82, 2.24) is 9.97 Å². The Labute approximate surface area is 178 Å². The molecule has 1 heterocycles. The van der Waals surface area contributed by atoms with Gasteiger partial charge in [0.1, 0.15) is 11.7 Å². The number of benzene rings is 1. The summed E-state index contributed by atoms with van der Waals surface area (Å²) in [4.78, 5) is 7.60. The van der Waals surface area contributed by atoms with E-state index in [1.807, 2.05) is 0 Å². The minimum Gasteiger partial charge on any atom is -0.471 e. The Kier molecular flexibility index (Phi) is 6.75. The van der Waals surface area contributed by atoms with E-state index in [4.69, 9.17) is 4.74 Å². The van der Waals surface area contributed by atoms with E-state index in [1.54, 1.807) is 18.2 Å². The largest absolute Gasteiger partial charge is 0.471 e. The third-order valence-corrected chi connectivity index (χ3v) is 7.37. The molecule has 31 heavy (non-hydrogen) atoms. The number of rotatable bonds is 7. The molecule has 1 aliphatic rings. The van der Waals surface area contributed by atoms with Gasteiger partial charge in [-0.3, -0.25) is 0 Å². The van der Waals surface area contributed by atoms with Gasteiger partial charge in [-0.1, -0.05) is 31.0 Å². The number of sulfonamides is 1. The Hall–Kier alpha value is -2.40. The minimum atomic E-state index is -4.83. The van der Waals surface area contributed by atoms with Crippen molar-refractivity contribution in [2.45, 2.75) is 63.2 Å². The molecule has 0 amide bonds. The third-order valence-electron chi connectivity index (χ3n) is 5.17. The highest BCUT2D eigenvalue weighted by atomic mass is 32.2. The SMILES string of the molecule is C[C@@H](O)[C@@H](C)Oc1nc(N(c2ccccc2)S(=O)(=O)C2CCCC2)ncc1C(F)(F)F. The first-order valence-electron chi connectivity index (χ1n) is 9.90. The molecule has 1 aliphatic carbocycles.